The fraction of sp³-hybridized carbons (Fsp3) is 0.833. The molecule has 0 aliphatic carbocycles. The Kier molecular flexibility index (Phi) is 5.10. The number of ether oxygens (including phenoxy) is 1. The largest absolute Gasteiger partial charge is 0.379 e. The van der Waals surface area contributed by atoms with Crippen molar-refractivity contribution in [3.05, 3.63) is 0 Å². The molecule has 0 fully saturated rings. The number of aryl methyl sites for hydroxylation is 1. The minimum absolute atomic E-state index is 0.538. The molecule has 0 unspecified atom stereocenters. The van der Waals surface area contributed by atoms with E-state index in [2.05, 4.69) is 15.5 Å². The highest BCUT2D eigenvalue weighted by Crippen LogP contribution is 2.11. The van der Waals surface area contributed by atoms with Crippen molar-refractivity contribution in [2.45, 2.75) is 5.16 Å². The second kappa shape index (κ2) is 6.17. The summed E-state index contributed by atoms with van der Waals surface area (Å²) in [6.07, 6.45) is 0. The van der Waals surface area contributed by atoms with Crippen molar-refractivity contribution in [2.24, 2.45) is 7.05 Å². The van der Waals surface area contributed by atoms with Gasteiger partial charge in [-0.1, -0.05) is 11.8 Å². The monoisotopic (exact) mass is 222 g/mol. The molecule has 0 aliphatic heterocycles. The second-order valence-corrected chi connectivity index (χ2v) is 3.67. The average Bonchev–Trinajstić information content (AvgIpc) is 2.52. The van der Waals surface area contributed by atoms with Crippen LogP contribution in [0, 0.1) is 0 Å². The van der Waals surface area contributed by atoms with Crippen LogP contribution in [0.5, 0.6) is 0 Å². The zero-order valence-electron chi connectivity index (χ0n) is 7.31. The second-order valence-electron chi connectivity index (χ2n) is 2.23. The minimum Gasteiger partial charge on any atom is -0.379 e. The van der Waals surface area contributed by atoms with E-state index in [4.69, 9.17) is 16.3 Å². The molecule has 0 saturated heterocycles. The molecule has 1 aromatic heterocycles. The Hall–Kier alpha value is -0.330. The van der Waals surface area contributed by atoms with E-state index in [-0.39, 0.29) is 0 Å². The Morgan fingerprint density at radius 3 is 3.00 bits per heavy atom. The average molecular weight is 223 g/mol. The number of halogens is 1. The summed E-state index contributed by atoms with van der Waals surface area (Å²) in [7, 11) is 1.81. The lowest BCUT2D eigenvalue weighted by Crippen LogP contribution is -2.01. The number of tetrazole rings is 1. The number of rotatable bonds is 6. The summed E-state index contributed by atoms with van der Waals surface area (Å²) < 4.78 is 6.82. The van der Waals surface area contributed by atoms with Gasteiger partial charge in [0.15, 0.2) is 0 Å². The lowest BCUT2D eigenvalue weighted by molar-refractivity contribution is 0.166. The third-order valence-corrected chi connectivity index (χ3v) is 2.39. The van der Waals surface area contributed by atoms with Gasteiger partial charge >= 0.3 is 0 Å². The molecule has 13 heavy (non-hydrogen) atoms. The number of nitrogens with zero attached hydrogens (tertiary/aromatic N) is 4. The molecule has 0 radical (unpaired) electrons. The molecule has 1 aromatic rings. The van der Waals surface area contributed by atoms with Crippen molar-refractivity contribution in [1.82, 2.24) is 20.2 Å². The first kappa shape index (κ1) is 10.7. The first-order chi connectivity index (χ1) is 6.34. The quantitative estimate of drug-likeness (QED) is 0.400. The lowest BCUT2D eigenvalue weighted by atomic mass is 10.8. The van der Waals surface area contributed by atoms with Crippen molar-refractivity contribution in [1.29, 1.82) is 0 Å². The zero-order valence-corrected chi connectivity index (χ0v) is 8.88. The Balaban J connectivity index is 2.10. The summed E-state index contributed by atoms with van der Waals surface area (Å²) in [5.41, 5.74) is 0. The highest BCUT2D eigenvalue weighted by Gasteiger charge is 2.01. The lowest BCUT2D eigenvalue weighted by Gasteiger charge is -2.00. The van der Waals surface area contributed by atoms with Crippen LogP contribution in [-0.2, 0) is 11.8 Å². The minimum atomic E-state index is 0.538. The molecule has 74 valence electrons. The summed E-state index contributed by atoms with van der Waals surface area (Å²) in [4.78, 5) is 0. The van der Waals surface area contributed by atoms with E-state index >= 15 is 0 Å². The van der Waals surface area contributed by atoms with E-state index in [1.165, 1.54) is 0 Å². The van der Waals surface area contributed by atoms with Gasteiger partial charge in [0.1, 0.15) is 0 Å². The molecule has 0 saturated carbocycles. The van der Waals surface area contributed by atoms with Crippen LogP contribution >= 0.6 is 23.4 Å². The molecule has 7 heteroatoms. The van der Waals surface area contributed by atoms with Gasteiger partial charge in [0.05, 0.1) is 13.2 Å². The zero-order chi connectivity index (χ0) is 9.52. The Bertz CT molecular complexity index is 244. The molecule has 1 heterocycles. The van der Waals surface area contributed by atoms with E-state index in [1.54, 1.807) is 16.4 Å². The van der Waals surface area contributed by atoms with Gasteiger partial charge in [0.25, 0.3) is 0 Å². The number of alkyl halides is 1. The molecule has 0 spiro atoms. The predicted octanol–water partition coefficient (Wildman–Crippen LogP) is 0.558. The number of thioether (sulfide) groups is 1. The van der Waals surface area contributed by atoms with Gasteiger partial charge in [-0.2, -0.15) is 0 Å². The molecule has 0 aliphatic rings. The summed E-state index contributed by atoms with van der Waals surface area (Å²) in [5, 5.41) is 11.8. The topological polar surface area (TPSA) is 52.8 Å². The highest BCUT2D eigenvalue weighted by atomic mass is 35.5. The van der Waals surface area contributed by atoms with Gasteiger partial charge in [0.2, 0.25) is 5.16 Å². The van der Waals surface area contributed by atoms with E-state index in [9.17, 15) is 0 Å². The fourth-order valence-electron chi connectivity index (χ4n) is 0.692. The molecule has 0 atom stereocenters. The number of hydrogen-bond donors (Lipinski definition) is 0. The maximum absolute atomic E-state index is 5.44. The fourth-order valence-corrected chi connectivity index (χ4v) is 1.50. The van der Waals surface area contributed by atoms with Crippen molar-refractivity contribution >= 4 is 23.4 Å². The Labute approximate surface area is 85.8 Å². The standard InChI is InChI=1S/C6H11ClN4OS/c1-11-6(8-9-10-11)13-5-4-12-3-2-7/h2-5H2,1H3. The number of hydrogen-bond acceptors (Lipinski definition) is 5. The van der Waals surface area contributed by atoms with Gasteiger partial charge in [0, 0.05) is 18.7 Å². The van der Waals surface area contributed by atoms with Crippen LogP contribution in [-0.4, -0.2) is 45.1 Å². The van der Waals surface area contributed by atoms with Crippen molar-refractivity contribution in [3.8, 4) is 0 Å². The highest BCUT2D eigenvalue weighted by molar-refractivity contribution is 7.99. The molecular formula is C6H11ClN4OS. The van der Waals surface area contributed by atoms with E-state index in [0.29, 0.717) is 19.1 Å². The smallest absolute Gasteiger partial charge is 0.209 e. The van der Waals surface area contributed by atoms with E-state index < -0.39 is 0 Å². The third kappa shape index (κ3) is 3.93. The Morgan fingerprint density at radius 2 is 2.38 bits per heavy atom. The third-order valence-electron chi connectivity index (χ3n) is 1.26. The van der Waals surface area contributed by atoms with Crippen LogP contribution in [0.2, 0.25) is 0 Å². The molecule has 5 nitrogen and oxygen atoms in total. The van der Waals surface area contributed by atoms with Crippen molar-refractivity contribution < 1.29 is 4.74 Å². The van der Waals surface area contributed by atoms with Crippen LogP contribution in [0.1, 0.15) is 0 Å². The summed E-state index contributed by atoms with van der Waals surface area (Å²) >= 11 is 7.00. The van der Waals surface area contributed by atoms with E-state index in [0.717, 1.165) is 10.9 Å². The van der Waals surface area contributed by atoms with Crippen LogP contribution < -0.4 is 0 Å². The SMILES string of the molecule is Cn1nnnc1SCCOCCCl. The number of aromatic nitrogens is 4. The maximum Gasteiger partial charge on any atom is 0.209 e. The first-order valence-corrected chi connectivity index (χ1v) is 5.35. The summed E-state index contributed by atoms with van der Waals surface area (Å²) in [6.45, 7) is 1.27. The van der Waals surface area contributed by atoms with Crippen molar-refractivity contribution in [2.75, 3.05) is 24.8 Å². The van der Waals surface area contributed by atoms with E-state index in [1.807, 2.05) is 7.05 Å². The van der Waals surface area contributed by atoms with Gasteiger partial charge < -0.3 is 4.74 Å². The summed E-state index contributed by atoms with van der Waals surface area (Å²) in [6, 6.07) is 0. The van der Waals surface area contributed by atoms with Gasteiger partial charge in [-0.05, 0) is 10.4 Å². The predicted molar refractivity (Wildman–Crippen MR) is 51.1 cm³/mol. The van der Waals surface area contributed by atoms with Crippen LogP contribution in [0.15, 0.2) is 5.16 Å². The van der Waals surface area contributed by atoms with Crippen molar-refractivity contribution in [3.63, 3.8) is 0 Å². The molecule has 0 aromatic carbocycles. The van der Waals surface area contributed by atoms with Crippen LogP contribution in [0.4, 0.5) is 0 Å². The first-order valence-electron chi connectivity index (χ1n) is 3.83. The van der Waals surface area contributed by atoms with Crippen LogP contribution in [0.3, 0.4) is 0 Å². The maximum atomic E-state index is 5.44. The van der Waals surface area contributed by atoms with Crippen LogP contribution in [0.25, 0.3) is 0 Å². The van der Waals surface area contributed by atoms with Gasteiger partial charge in [-0.25, -0.2) is 4.68 Å². The Morgan fingerprint density at radius 1 is 1.54 bits per heavy atom. The molecular weight excluding hydrogens is 212 g/mol. The normalized spacial score (nSPS) is 10.6. The molecule has 0 bridgehead atoms. The molecule has 0 amide bonds. The van der Waals surface area contributed by atoms with Gasteiger partial charge in [-0.15, -0.1) is 16.7 Å². The van der Waals surface area contributed by atoms with Gasteiger partial charge in [-0.3, -0.25) is 0 Å². The molecule has 1 rings (SSSR count). The molecule has 0 N–H and O–H groups in total. The summed E-state index contributed by atoms with van der Waals surface area (Å²) in [5.74, 6) is 1.38.